The first kappa shape index (κ1) is 22.8. The molecule has 1 amide bonds. The Morgan fingerprint density at radius 2 is 1.80 bits per heavy atom. The molecule has 2 aromatic rings. The van der Waals surface area contributed by atoms with Crippen molar-refractivity contribution in [3.63, 3.8) is 0 Å². The van der Waals surface area contributed by atoms with Gasteiger partial charge in [0, 0.05) is 23.7 Å². The van der Waals surface area contributed by atoms with Gasteiger partial charge in [-0.2, -0.15) is 4.31 Å². The van der Waals surface area contributed by atoms with Gasteiger partial charge in [0.15, 0.2) is 0 Å². The van der Waals surface area contributed by atoms with Crippen molar-refractivity contribution in [1.82, 2.24) is 4.31 Å². The minimum Gasteiger partial charge on any atom is -0.495 e. The predicted octanol–water partition coefficient (Wildman–Crippen LogP) is 4.05. The Morgan fingerprint density at radius 3 is 2.43 bits per heavy atom. The van der Waals surface area contributed by atoms with Crippen LogP contribution in [0.5, 0.6) is 5.75 Å². The molecule has 3 rings (SSSR count). The zero-order chi connectivity index (χ0) is 22.1. The van der Waals surface area contributed by atoms with E-state index in [1.807, 2.05) is 13.8 Å². The van der Waals surface area contributed by atoms with E-state index in [1.54, 1.807) is 18.2 Å². The fraction of sp³-hybridized carbons (Fsp3) is 0.350. The molecule has 2 atom stereocenters. The lowest BCUT2D eigenvalue weighted by Crippen LogP contribution is -2.48. The second kappa shape index (κ2) is 9.11. The summed E-state index contributed by atoms with van der Waals surface area (Å²) >= 11 is 12.2. The van der Waals surface area contributed by atoms with E-state index in [-0.39, 0.29) is 40.8 Å². The number of anilines is 1. The number of halogens is 2. The largest absolute Gasteiger partial charge is 0.495 e. The van der Waals surface area contributed by atoms with Crippen LogP contribution in [0.3, 0.4) is 0 Å². The van der Waals surface area contributed by atoms with Crippen molar-refractivity contribution in [2.45, 2.75) is 31.0 Å². The van der Waals surface area contributed by atoms with Gasteiger partial charge >= 0.3 is 0 Å². The number of nitrogens with one attached hydrogen (secondary N) is 1. The smallest absolute Gasteiger partial charge is 0.255 e. The van der Waals surface area contributed by atoms with Gasteiger partial charge in [0.05, 0.1) is 30.0 Å². The molecule has 1 aliphatic heterocycles. The topological polar surface area (TPSA) is 84.9 Å². The Kier molecular flexibility index (Phi) is 6.94. The summed E-state index contributed by atoms with van der Waals surface area (Å²) in [5, 5.41) is 3.15. The quantitative estimate of drug-likeness (QED) is 0.709. The van der Waals surface area contributed by atoms with Crippen LogP contribution in [0.2, 0.25) is 10.0 Å². The normalized spacial score (nSPS) is 20.0. The van der Waals surface area contributed by atoms with Crippen LogP contribution < -0.4 is 10.1 Å². The number of nitrogens with zero attached hydrogens (tertiary/aromatic N) is 1. The fourth-order valence-corrected chi connectivity index (χ4v) is 5.54. The molecular formula is C20H22Cl2N2O5S. The molecule has 0 aromatic heterocycles. The Bertz CT molecular complexity index is 1050. The number of ether oxygens (including phenoxy) is 2. The van der Waals surface area contributed by atoms with E-state index < -0.39 is 15.9 Å². The number of rotatable bonds is 5. The highest BCUT2D eigenvalue weighted by atomic mass is 35.5. The van der Waals surface area contributed by atoms with Crippen molar-refractivity contribution < 1.29 is 22.7 Å². The summed E-state index contributed by atoms with van der Waals surface area (Å²) in [6.45, 7) is 4.03. The Morgan fingerprint density at radius 1 is 1.13 bits per heavy atom. The highest BCUT2D eigenvalue weighted by molar-refractivity contribution is 7.89. The molecule has 0 spiro atoms. The van der Waals surface area contributed by atoms with E-state index in [9.17, 15) is 13.2 Å². The van der Waals surface area contributed by atoms with Crippen molar-refractivity contribution in [1.29, 1.82) is 0 Å². The molecule has 30 heavy (non-hydrogen) atoms. The van der Waals surface area contributed by atoms with E-state index in [0.29, 0.717) is 16.5 Å². The van der Waals surface area contributed by atoms with Crippen LogP contribution in [-0.2, 0) is 14.8 Å². The van der Waals surface area contributed by atoms with Crippen LogP contribution in [0.15, 0.2) is 41.3 Å². The monoisotopic (exact) mass is 472 g/mol. The highest BCUT2D eigenvalue weighted by Crippen LogP contribution is 2.30. The van der Waals surface area contributed by atoms with Gasteiger partial charge in [-0.3, -0.25) is 4.79 Å². The van der Waals surface area contributed by atoms with E-state index in [4.69, 9.17) is 32.7 Å². The van der Waals surface area contributed by atoms with Crippen LogP contribution in [0.25, 0.3) is 0 Å². The fourth-order valence-electron chi connectivity index (χ4n) is 3.28. The summed E-state index contributed by atoms with van der Waals surface area (Å²) in [4.78, 5) is 12.7. The summed E-state index contributed by atoms with van der Waals surface area (Å²) in [6.07, 6.45) is -0.492. The predicted molar refractivity (Wildman–Crippen MR) is 116 cm³/mol. The zero-order valence-corrected chi connectivity index (χ0v) is 19.0. The van der Waals surface area contributed by atoms with Crippen molar-refractivity contribution in [2.24, 2.45) is 0 Å². The maximum Gasteiger partial charge on any atom is 0.255 e. The van der Waals surface area contributed by atoms with Crippen molar-refractivity contribution in [2.75, 3.05) is 25.5 Å². The number of morpholine rings is 1. The highest BCUT2D eigenvalue weighted by Gasteiger charge is 2.34. The molecule has 1 fully saturated rings. The van der Waals surface area contributed by atoms with E-state index in [2.05, 4.69) is 5.32 Å². The van der Waals surface area contributed by atoms with Crippen LogP contribution in [0.1, 0.15) is 24.2 Å². The van der Waals surface area contributed by atoms with Crippen LogP contribution in [-0.4, -0.2) is 51.0 Å². The number of benzene rings is 2. The maximum absolute atomic E-state index is 13.2. The second-order valence-electron chi connectivity index (χ2n) is 7.02. The SMILES string of the molecule is COc1ccc(Cl)cc1NC(=O)c1ccc(Cl)c(S(=O)(=O)N2CC(C)OC(C)C2)c1. The summed E-state index contributed by atoms with van der Waals surface area (Å²) in [6, 6.07) is 8.92. The first-order valence-corrected chi connectivity index (χ1v) is 11.4. The number of hydrogen-bond acceptors (Lipinski definition) is 5. The third kappa shape index (κ3) is 4.90. The summed E-state index contributed by atoms with van der Waals surface area (Å²) in [5.41, 5.74) is 0.500. The Labute approximate surface area is 185 Å². The number of carbonyl (C=O) groups excluding carboxylic acids is 1. The molecule has 0 saturated carbocycles. The van der Waals surface area contributed by atoms with Gasteiger partial charge in [-0.25, -0.2) is 8.42 Å². The third-order valence-electron chi connectivity index (χ3n) is 4.61. The molecule has 7 nitrogen and oxygen atoms in total. The maximum atomic E-state index is 13.2. The van der Waals surface area contributed by atoms with Crippen LogP contribution >= 0.6 is 23.2 Å². The molecule has 162 valence electrons. The van der Waals surface area contributed by atoms with Gasteiger partial charge in [-0.1, -0.05) is 23.2 Å². The van der Waals surface area contributed by atoms with Gasteiger partial charge in [0.25, 0.3) is 5.91 Å². The minimum absolute atomic E-state index is 0.0404. The molecule has 2 aromatic carbocycles. The minimum atomic E-state index is -3.91. The Hall–Kier alpha value is -1.84. The molecule has 1 N–H and O–H groups in total. The van der Waals surface area contributed by atoms with E-state index >= 15 is 0 Å². The first-order chi connectivity index (χ1) is 14.1. The molecule has 1 aliphatic rings. The number of methoxy groups -OCH3 is 1. The molecule has 0 bridgehead atoms. The molecule has 10 heteroatoms. The lowest BCUT2D eigenvalue weighted by atomic mass is 10.2. The van der Waals surface area contributed by atoms with Crippen molar-refractivity contribution in [3.05, 3.63) is 52.0 Å². The van der Waals surface area contributed by atoms with Gasteiger partial charge in [-0.15, -0.1) is 0 Å². The van der Waals surface area contributed by atoms with Gasteiger partial charge in [-0.05, 0) is 50.2 Å². The molecule has 1 heterocycles. The summed E-state index contributed by atoms with van der Waals surface area (Å²) < 4.78 is 38.6. The van der Waals surface area contributed by atoms with Crippen LogP contribution in [0.4, 0.5) is 5.69 Å². The average Bonchev–Trinajstić information content (AvgIpc) is 2.67. The second-order valence-corrected chi connectivity index (χ2v) is 9.77. The zero-order valence-electron chi connectivity index (χ0n) is 16.7. The average molecular weight is 473 g/mol. The standard InChI is InChI=1S/C20H22Cl2N2O5S/c1-12-10-24(11-13(2)29-12)30(26,27)19-8-14(4-6-16(19)22)20(25)23-17-9-15(21)5-7-18(17)28-3/h4-9,12-13H,10-11H2,1-3H3,(H,23,25). The van der Waals surface area contributed by atoms with Gasteiger partial charge in [0.1, 0.15) is 10.6 Å². The van der Waals surface area contributed by atoms with Gasteiger partial charge in [0.2, 0.25) is 10.0 Å². The number of amides is 1. The summed E-state index contributed by atoms with van der Waals surface area (Å²) in [5.74, 6) is -0.0988. The molecule has 2 unspecified atom stereocenters. The molecule has 0 aliphatic carbocycles. The number of sulfonamides is 1. The van der Waals surface area contributed by atoms with E-state index in [0.717, 1.165) is 0 Å². The number of carbonyl (C=O) groups is 1. The Balaban J connectivity index is 1.91. The molecule has 0 radical (unpaired) electrons. The lowest BCUT2D eigenvalue weighted by molar-refractivity contribution is -0.0440. The molecule has 1 saturated heterocycles. The molecular weight excluding hydrogens is 451 g/mol. The van der Waals surface area contributed by atoms with E-state index in [1.165, 1.54) is 29.6 Å². The van der Waals surface area contributed by atoms with Crippen molar-refractivity contribution >= 4 is 44.8 Å². The lowest BCUT2D eigenvalue weighted by Gasteiger charge is -2.34. The first-order valence-electron chi connectivity index (χ1n) is 9.22. The number of hydrogen-bond donors (Lipinski definition) is 1. The van der Waals surface area contributed by atoms with Crippen LogP contribution in [0, 0.1) is 0 Å². The van der Waals surface area contributed by atoms with Crippen molar-refractivity contribution in [3.8, 4) is 5.75 Å². The van der Waals surface area contributed by atoms with Gasteiger partial charge < -0.3 is 14.8 Å². The summed E-state index contributed by atoms with van der Waals surface area (Å²) in [7, 11) is -2.44. The third-order valence-corrected chi connectivity index (χ3v) is 7.16.